The van der Waals surface area contributed by atoms with Crippen molar-refractivity contribution in [3.05, 3.63) is 89.3 Å². The molecule has 0 unspecified atom stereocenters. The summed E-state index contributed by atoms with van der Waals surface area (Å²) in [7, 11) is 0. The number of hydrogen-bond donors (Lipinski definition) is 0. The predicted molar refractivity (Wildman–Crippen MR) is 130 cm³/mol. The number of anilines is 1. The molecule has 0 radical (unpaired) electrons. The third kappa shape index (κ3) is 3.86. The third-order valence-corrected chi connectivity index (χ3v) is 6.97. The normalized spacial score (nSPS) is 19.8. The molecule has 1 aromatic carbocycles. The Morgan fingerprint density at radius 3 is 2.56 bits per heavy atom. The van der Waals surface area contributed by atoms with E-state index in [9.17, 15) is 4.79 Å². The molecule has 0 bridgehead atoms. The average Bonchev–Trinajstić information content (AvgIpc) is 3.57. The van der Waals surface area contributed by atoms with Crippen LogP contribution in [-0.2, 0) is 11.2 Å². The summed E-state index contributed by atoms with van der Waals surface area (Å²) in [5.41, 5.74) is 6.47. The Labute approximate surface area is 199 Å². The number of carbonyl (C=O) groups excluding carboxylic acids is 1. The van der Waals surface area contributed by atoms with Crippen LogP contribution in [0.2, 0.25) is 0 Å². The second kappa shape index (κ2) is 8.99. The lowest BCUT2D eigenvalue weighted by molar-refractivity contribution is 0.0723. The van der Waals surface area contributed by atoms with Crippen LogP contribution in [0.3, 0.4) is 0 Å². The van der Waals surface area contributed by atoms with Crippen LogP contribution in [0.15, 0.2) is 61.1 Å². The van der Waals surface area contributed by atoms with Crippen LogP contribution >= 0.6 is 0 Å². The van der Waals surface area contributed by atoms with E-state index in [0.717, 1.165) is 80.2 Å². The van der Waals surface area contributed by atoms with Gasteiger partial charge in [-0.3, -0.25) is 9.78 Å². The first kappa shape index (κ1) is 21.0. The maximum atomic E-state index is 13.2. The summed E-state index contributed by atoms with van der Waals surface area (Å²) in [6.45, 7) is 3.97. The van der Waals surface area contributed by atoms with Crippen LogP contribution in [0.25, 0.3) is 5.57 Å². The van der Waals surface area contributed by atoms with Crippen molar-refractivity contribution in [3.8, 4) is 0 Å². The monoisotopic (exact) mass is 453 g/mol. The number of rotatable bonds is 4. The molecule has 1 aliphatic carbocycles. The fraction of sp³-hybridized carbons (Fsp3) is 0.333. The van der Waals surface area contributed by atoms with E-state index in [1.54, 1.807) is 12.4 Å². The number of nitrogens with zero attached hydrogens (tertiary/aromatic N) is 5. The molecule has 7 heteroatoms. The van der Waals surface area contributed by atoms with Crippen molar-refractivity contribution in [3.63, 3.8) is 0 Å². The number of aromatic nitrogens is 3. The zero-order chi connectivity index (χ0) is 22.9. The van der Waals surface area contributed by atoms with Gasteiger partial charge in [-0.2, -0.15) is 0 Å². The van der Waals surface area contributed by atoms with Gasteiger partial charge in [0, 0.05) is 49.6 Å². The number of amides is 1. The fourth-order valence-corrected chi connectivity index (χ4v) is 5.19. The zero-order valence-electron chi connectivity index (χ0n) is 19.1. The van der Waals surface area contributed by atoms with Gasteiger partial charge in [-0.1, -0.05) is 36.4 Å². The summed E-state index contributed by atoms with van der Waals surface area (Å²) >= 11 is 0. The Morgan fingerprint density at radius 1 is 0.971 bits per heavy atom. The Hall–Kier alpha value is -3.58. The van der Waals surface area contributed by atoms with Crippen LogP contribution in [0.4, 0.5) is 5.69 Å². The summed E-state index contributed by atoms with van der Waals surface area (Å²) in [4.78, 5) is 31.2. The number of ether oxygens (including phenoxy) is 1. The van der Waals surface area contributed by atoms with Crippen LogP contribution < -0.4 is 4.90 Å². The summed E-state index contributed by atoms with van der Waals surface area (Å²) < 4.78 is 5.48. The van der Waals surface area contributed by atoms with Crippen LogP contribution in [-0.4, -0.2) is 58.6 Å². The molecule has 6 rings (SSSR count). The van der Waals surface area contributed by atoms with Gasteiger partial charge in [0.05, 0.1) is 36.8 Å². The average molecular weight is 454 g/mol. The van der Waals surface area contributed by atoms with E-state index >= 15 is 0 Å². The zero-order valence-corrected chi connectivity index (χ0v) is 19.1. The first-order valence-corrected chi connectivity index (χ1v) is 12.0. The summed E-state index contributed by atoms with van der Waals surface area (Å²) in [5, 5.41) is 0. The quantitative estimate of drug-likeness (QED) is 0.600. The molecule has 1 amide bonds. The highest BCUT2D eigenvalue weighted by Crippen LogP contribution is 2.35. The van der Waals surface area contributed by atoms with E-state index in [-0.39, 0.29) is 17.8 Å². The Morgan fingerprint density at radius 2 is 1.76 bits per heavy atom. The number of likely N-dealkylation sites (tertiary alicyclic amines) is 1. The van der Waals surface area contributed by atoms with Gasteiger partial charge in [0.15, 0.2) is 0 Å². The van der Waals surface area contributed by atoms with Gasteiger partial charge < -0.3 is 14.5 Å². The van der Waals surface area contributed by atoms with E-state index in [2.05, 4.69) is 39.1 Å². The van der Waals surface area contributed by atoms with Gasteiger partial charge in [0.2, 0.25) is 5.82 Å². The Kier molecular flexibility index (Phi) is 5.55. The number of carbonyl (C=O) groups is 1. The number of allylic oxidation sites excluding steroid dienone is 1. The number of benzene rings is 1. The van der Waals surface area contributed by atoms with Gasteiger partial charge in [-0.05, 0) is 30.0 Å². The first-order valence-electron chi connectivity index (χ1n) is 12.0. The minimum atomic E-state index is -0.102. The number of hydrogen-bond acceptors (Lipinski definition) is 6. The third-order valence-electron chi connectivity index (χ3n) is 6.97. The molecule has 0 N–H and O–H groups in total. The van der Waals surface area contributed by atoms with Crippen molar-refractivity contribution in [2.75, 3.05) is 37.7 Å². The molecule has 0 spiro atoms. The lowest BCUT2D eigenvalue weighted by Gasteiger charge is -2.29. The molecular weight excluding hydrogens is 426 g/mol. The van der Waals surface area contributed by atoms with Crippen molar-refractivity contribution in [2.45, 2.75) is 25.3 Å². The van der Waals surface area contributed by atoms with Gasteiger partial charge in [0.25, 0.3) is 5.91 Å². The summed E-state index contributed by atoms with van der Waals surface area (Å²) in [6.07, 6.45) is 10.4. The van der Waals surface area contributed by atoms with E-state index in [1.165, 1.54) is 5.56 Å². The van der Waals surface area contributed by atoms with Crippen molar-refractivity contribution >= 4 is 17.2 Å². The topological polar surface area (TPSA) is 71.5 Å². The molecule has 3 aliphatic rings. The molecular formula is C27H27N5O2. The van der Waals surface area contributed by atoms with Crippen molar-refractivity contribution < 1.29 is 9.53 Å². The molecule has 34 heavy (non-hydrogen) atoms. The van der Waals surface area contributed by atoms with Crippen molar-refractivity contribution in [1.29, 1.82) is 0 Å². The standard InChI is InChI=1S/C27H27N5O2/c33-27(32-10-4-7-25(32)19-5-2-1-3-6-19)26-29-16-20(17-30-26)22-8-9-24-23(22)15-21(18-28-24)31-11-13-34-14-12-31/h1-3,5-6,8,15-18,25H,4,7,9-14H2/t25-/m1/s1. The maximum absolute atomic E-state index is 13.2. The fourth-order valence-electron chi connectivity index (χ4n) is 5.19. The molecule has 7 nitrogen and oxygen atoms in total. The molecule has 2 aliphatic heterocycles. The molecule has 4 heterocycles. The SMILES string of the molecule is O=C(c1ncc(C2=CCc3ncc(N4CCOCC4)cc32)cn1)N1CCC[C@@H]1c1ccccc1. The van der Waals surface area contributed by atoms with E-state index in [1.807, 2.05) is 29.3 Å². The largest absolute Gasteiger partial charge is 0.378 e. The molecule has 2 fully saturated rings. The molecule has 3 aromatic rings. The van der Waals surface area contributed by atoms with Crippen LogP contribution in [0.5, 0.6) is 0 Å². The van der Waals surface area contributed by atoms with Gasteiger partial charge in [0.1, 0.15) is 0 Å². The van der Waals surface area contributed by atoms with Crippen molar-refractivity contribution in [1.82, 2.24) is 19.9 Å². The lowest BCUT2D eigenvalue weighted by Crippen LogP contribution is -2.36. The maximum Gasteiger partial charge on any atom is 0.292 e. The van der Waals surface area contributed by atoms with Gasteiger partial charge >= 0.3 is 0 Å². The van der Waals surface area contributed by atoms with Gasteiger partial charge in [-0.15, -0.1) is 0 Å². The van der Waals surface area contributed by atoms with Crippen LogP contribution in [0, 0.1) is 0 Å². The van der Waals surface area contributed by atoms with E-state index < -0.39 is 0 Å². The highest BCUT2D eigenvalue weighted by atomic mass is 16.5. The molecule has 2 aromatic heterocycles. The number of fused-ring (bicyclic) bond motifs is 1. The first-order chi connectivity index (χ1) is 16.8. The molecule has 1 atom stereocenters. The van der Waals surface area contributed by atoms with E-state index in [4.69, 9.17) is 9.72 Å². The summed E-state index contributed by atoms with van der Waals surface area (Å²) in [5.74, 6) is 0.153. The predicted octanol–water partition coefficient (Wildman–Crippen LogP) is 3.67. The van der Waals surface area contributed by atoms with Crippen LogP contribution in [0.1, 0.15) is 51.9 Å². The molecule has 172 valence electrons. The number of pyridine rings is 1. The van der Waals surface area contributed by atoms with E-state index in [0.29, 0.717) is 0 Å². The highest BCUT2D eigenvalue weighted by Gasteiger charge is 2.32. The second-order valence-corrected chi connectivity index (χ2v) is 8.97. The Balaban J connectivity index is 1.22. The minimum Gasteiger partial charge on any atom is -0.378 e. The Bertz CT molecular complexity index is 1220. The molecule has 2 saturated heterocycles. The minimum absolute atomic E-state index is 0.0890. The van der Waals surface area contributed by atoms with Crippen molar-refractivity contribution in [2.24, 2.45) is 0 Å². The summed E-state index contributed by atoms with van der Waals surface area (Å²) in [6, 6.07) is 12.5. The molecule has 0 saturated carbocycles. The smallest absolute Gasteiger partial charge is 0.292 e. The highest BCUT2D eigenvalue weighted by molar-refractivity contribution is 5.91. The second-order valence-electron chi connectivity index (χ2n) is 8.97. The van der Waals surface area contributed by atoms with Gasteiger partial charge in [-0.25, -0.2) is 9.97 Å². The number of morpholine rings is 1. The lowest BCUT2D eigenvalue weighted by atomic mass is 10.0.